The summed E-state index contributed by atoms with van der Waals surface area (Å²) in [6.45, 7) is 0. The summed E-state index contributed by atoms with van der Waals surface area (Å²) in [5.74, 6) is 0.728. The van der Waals surface area contributed by atoms with Gasteiger partial charge in [-0.15, -0.1) is 0 Å². The first-order chi connectivity index (χ1) is 7.27. The van der Waals surface area contributed by atoms with Gasteiger partial charge in [-0.05, 0) is 18.2 Å². The molecule has 1 aromatic heterocycles. The summed E-state index contributed by atoms with van der Waals surface area (Å²) in [7, 11) is 3.47. The molecule has 0 unspecified atom stereocenters. The summed E-state index contributed by atoms with van der Waals surface area (Å²) in [4.78, 5) is 4.27. The van der Waals surface area contributed by atoms with Crippen molar-refractivity contribution in [3.05, 3.63) is 29.4 Å². The molecule has 2 rings (SSSR count). The molecule has 0 amide bonds. The van der Waals surface area contributed by atoms with Crippen LogP contribution in [-0.2, 0) is 0 Å². The van der Waals surface area contributed by atoms with Crippen molar-refractivity contribution in [2.24, 2.45) is 0 Å². The summed E-state index contributed by atoms with van der Waals surface area (Å²) >= 11 is 6.13. The number of halogens is 1. The number of fused-ring (bicyclic) bond motifs is 1. The van der Waals surface area contributed by atoms with Gasteiger partial charge in [0.25, 0.3) is 0 Å². The third-order valence-corrected chi connectivity index (χ3v) is 2.61. The van der Waals surface area contributed by atoms with Crippen LogP contribution in [0.2, 0.25) is 5.02 Å². The van der Waals surface area contributed by atoms with Crippen molar-refractivity contribution in [2.45, 2.75) is 0 Å². The third kappa shape index (κ3) is 1.59. The minimum Gasteiger partial charge on any atom is -0.494 e. The molecular formula is C11H11ClN2O. The molecule has 0 saturated carbocycles. The smallest absolute Gasteiger partial charge is 0.145 e. The number of nitrogens with one attached hydrogen (secondary N) is 1. The Balaban J connectivity index is 2.86. The molecule has 1 aromatic carbocycles. The largest absolute Gasteiger partial charge is 0.494 e. The third-order valence-electron chi connectivity index (χ3n) is 2.29. The molecule has 3 nitrogen and oxygen atoms in total. The minimum atomic E-state index is 0.670. The lowest BCUT2D eigenvalue weighted by Gasteiger charge is -2.09. The molecule has 0 fully saturated rings. The van der Waals surface area contributed by atoms with E-state index < -0.39 is 0 Å². The standard InChI is InChI=1S/C11H11ClN2O/c1-13-8-5-6-14-11-9(15-2)4-3-7(12)10(8)11/h3-6H,1-2H3,(H,13,14). The summed E-state index contributed by atoms with van der Waals surface area (Å²) < 4.78 is 5.23. The van der Waals surface area contributed by atoms with Gasteiger partial charge >= 0.3 is 0 Å². The summed E-state index contributed by atoms with van der Waals surface area (Å²) in [5.41, 5.74) is 1.72. The van der Waals surface area contributed by atoms with E-state index in [2.05, 4.69) is 10.3 Å². The SMILES string of the molecule is CNc1ccnc2c(OC)ccc(Cl)c12. The second kappa shape index (κ2) is 3.95. The maximum atomic E-state index is 6.13. The van der Waals surface area contributed by atoms with Gasteiger partial charge in [-0.1, -0.05) is 11.6 Å². The minimum absolute atomic E-state index is 0.670. The van der Waals surface area contributed by atoms with Crippen molar-refractivity contribution in [2.75, 3.05) is 19.5 Å². The van der Waals surface area contributed by atoms with Gasteiger partial charge in [0.05, 0.1) is 12.1 Å². The van der Waals surface area contributed by atoms with E-state index in [4.69, 9.17) is 16.3 Å². The highest BCUT2D eigenvalue weighted by molar-refractivity contribution is 6.36. The number of rotatable bonds is 2. The molecule has 1 N–H and O–H groups in total. The molecule has 2 aromatic rings. The van der Waals surface area contributed by atoms with Crippen molar-refractivity contribution in [1.29, 1.82) is 0 Å². The molecule has 0 aliphatic heterocycles. The van der Waals surface area contributed by atoms with Crippen LogP contribution in [0.4, 0.5) is 5.69 Å². The van der Waals surface area contributed by atoms with E-state index in [-0.39, 0.29) is 0 Å². The zero-order valence-corrected chi connectivity index (χ0v) is 9.30. The summed E-state index contributed by atoms with van der Waals surface area (Å²) in [5, 5.41) is 4.64. The van der Waals surface area contributed by atoms with Gasteiger partial charge in [-0.3, -0.25) is 4.98 Å². The van der Waals surface area contributed by atoms with Crippen molar-refractivity contribution in [1.82, 2.24) is 4.98 Å². The number of hydrogen-bond acceptors (Lipinski definition) is 3. The lowest BCUT2D eigenvalue weighted by atomic mass is 10.1. The van der Waals surface area contributed by atoms with E-state index in [0.29, 0.717) is 5.02 Å². The normalized spacial score (nSPS) is 10.3. The molecular weight excluding hydrogens is 212 g/mol. The molecule has 0 spiro atoms. The maximum Gasteiger partial charge on any atom is 0.145 e. The predicted molar refractivity (Wildman–Crippen MR) is 62.9 cm³/mol. The molecule has 0 bridgehead atoms. The Labute approximate surface area is 93.0 Å². The summed E-state index contributed by atoms with van der Waals surface area (Å²) in [6, 6.07) is 5.51. The lowest BCUT2D eigenvalue weighted by Crippen LogP contribution is -1.93. The van der Waals surface area contributed by atoms with E-state index >= 15 is 0 Å². The number of ether oxygens (including phenoxy) is 1. The topological polar surface area (TPSA) is 34.2 Å². The number of methoxy groups -OCH3 is 1. The van der Waals surface area contributed by atoms with Crippen LogP contribution in [0.5, 0.6) is 5.75 Å². The Hall–Kier alpha value is -1.48. The van der Waals surface area contributed by atoms with Crippen LogP contribution in [0.15, 0.2) is 24.4 Å². The highest BCUT2D eigenvalue weighted by atomic mass is 35.5. The van der Waals surface area contributed by atoms with Gasteiger partial charge in [0, 0.05) is 24.3 Å². The molecule has 78 valence electrons. The maximum absolute atomic E-state index is 6.13. The zero-order valence-electron chi connectivity index (χ0n) is 8.54. The Kier molecular flexibility index (Phi) is 2.64. The average molecular weight is 223 g/mol. The predicted octanol–water partition coefficient (Wildman–Crippen LogP) is 2.94. The Morgan fingerprint density at radius 3 is 2.80 bits per heavy atom. The van der Waals surface area contributed by atoms with Gasteiger partial charge in [0.2, 0.25) is 0 Å². The number of aromatic nitrogens is 1. The number of nitrogens with zero attached hydrogens (tertiary/aromatic N) is 1. The molecule has 1 heterocycles. The van der Waals surface area contributed by atoms with Crippen LogP contribution in [0, 0.1) is 0 Å². The van der Waals surface area contributed by atoms with Crippen LogP contribution < -0.4 is 10.1 Å². The van der Waals surface area contributed by atoms with Gasteiger partial charge in [-0.25, -0.2) is 0 Å². The number of pyridine rings is 1. The highest BCUT2D eigenvalue weighted by Crippen LogP contribution is 2.34. The Morgan fingerprint density at radius 1 is 1.33 bits per heavy atom. The molecule has 0 saturated heterocycles. The second-order valence-electron chi connectivity index (χ2n) is 3.08. The van der Waals surface area contributed by atoms with Crippen molar-refractivity contribution in [3.8, 4) is 5.75 Å². The monoisotopic (exact) mass is 222 g/mol. The van der Waals surface area contributed by atoms with Crippen molar-refractivity contribution in [3.63, 3.8) is 0 Å². The average Bonchev–Trinajstić information content (AvgIpc) is 2.29. The number of benzene rings is 1. The Morgan fingerprint density at radius 2 is 2.13 bits per heavy atom. The highest BCUT2D eigenvalue weighted by Gasteiger charge is 2.09. The number of anilines is 1. The van der Waals surface area contributed by atoms with Gasteiger partial charge < -0.3 is 10.1 Å². The van der Waals surface area contributed by atoms with Gasteiger partial charge in [-0.2, -0.15) is 0 Å². The molecule has 0 aliphatic carbocycles. The first-order valence-electron chi connectivity index (χ1n) is 4.57. The fraction of sp³-hybridized carbons (Fsp3) is 0.182. The van der Waals surface area contributed by atoms with Crippen LogP contribution in [-0.4, -0.2) is 19.1 Å². The molecule has 0 radical (unpaired) electrons. The van der Waals surface area contributed by atoms with E-state index in [9.17, 15) is 0 Å². The van der Waals surface area contributed by atoms with E-state index in [1.54, 1.807) is 13.3 Å². The fourth-order valence-electron chi connectivity index (χ4n) is 1.57. The van der Waals surface area contributed by atoms with Crippen LogP contribution in [0.25, 0.3) is 10.9 Å². The van der Waals surface area contributed by atoms with Crippen molar-refractivity contribution >= 4 is 28.2 Å². The quantitative estimate of drug-likeness (QED) is 0.849. The summed E-state index contributed by atoms with van der Waals surface area (Å²) in [6.07, 6.45) is 1.73. The first-order valence-corrected chi connectivity index (χ1v) is 4.94. The number of hydrogen-bond donors (Lipinski definition) is 1. The molecule has 15 heavy (non-hydrogen) atoms. The van der Waals surface area contributed by atoms with Gasteiger partial charge in [0.15, 0.2) is 0 Å². The van der Waals surface area contributed by atoms with Crippen LogP contribution in [0.3, 0.4) is 0 Å². The lowest BCUT2D eigenvalue weighted by molar-refractivity contribution is 0.419. The van der Waals surface area contributed by atoms with Crippen LogP contribution in [0.1, 0.15) is 0 Å². The van der Waals surface area contributed by atoms with Gasteiger partial charge in [0.1, 0.15) is 11.3 Å². The zero-order chi connectivity index (χ0) is 10.8. The molecule has 4 heteroatoms. The van der Waals surface area contributed by atoms with E-state index in [0.717, 1.165) is 22.3 Å². The second-order valence-corrected chi connectivity index (χ2v) is 3.49. The van der Waals surface area contributed by atoms with Crippen LogP contribution >= 0.6 is 11.6 Å². The Bertz CT molecular complexity index is 499. The first kappa shape index (κ1) is 10.1. The fourth-order valence-corrected chi connectivity index (χ4v) is 1.83. The van der Waals surface area contributed by atoms with E-state index in [1.807, 2.05) is 25.2 Å². The molecule has 0 aliphatic rings. The van der Waals surface area contributed by atoms with Crippen molar-refractivity contribution < 1.29 is 4.74 Å². The molecule has 0 atom stereocenters. The van der Waals surface area contributed by atoms with E-state index in [1.165, 1.54) is 0 Å².